The molecule has 31 heavy (non-hydrogen) atoms. The molecule has 1 heterocycles. The molecule has 1 saturated heterocycles. The minimum absolute atomic E-state index is 0.00454. The third kappa shape index (κ3) is 5.36. The van der Waals surface area contributed by atoms with Crippen molar-refractivity contribution in [2.75, 3.05) is 19.6 Å². The molecule has 1 atom stereocenters. The number of nitrogens with one attached hydrogen (secondary N) is 1. The van der Waals surface area contributed by atoms with E-state index in [-0.39, 0.29) is 23.3 Å². The Kier molecular flexibility index (Phi) is 7.08. The highest BCUT2D eigenvalue weighted by molar-refractivity contribution is 7.89. The first kappa shape index (κ1) is 22.0. The van der Waals surface area contributed by atoms with Crippen molar-refractivity contribution in [3.8, 4) is 11.1 Å². The largest absolute Gasteiger partial charge is 0.356 e. The quantitative estimate of drug-likeness (QED) is 0.722. The first-order chi connectivity index (χ1) is 15.0. The summed E-state index contributed by atoms with van der Waals surface area (Å²) in [6.07, 6.45) is 7.62. The number of hydrogen-bond acceptors (Lipinski definition) is 3. The molecule has 0 spiro atoms. The summed E-state index contributed by atoms with van der Waals surface area (Å²) in [5.74, 6) is 0.310. The van der Waals surface area contributed by atoms with Gasteiger partial charge in [-0.2, -0.15) is 4.31 Å². The maximum atomic E-state index is 13.2. The number of nitrogens with zero attached hydrogens (tertiary/aromatic N) is 1. The molecule has 6 heteroatoms. The summed E-state index contributed by atoms with van der Waals surface area (Å²) < 4.78 is 27.9. The van der Waals surface area contributed by atoms with Gasteiger partial charge in [-0.15, -0.1) is 0 Å². The molecule has 2 aromatic carbocycles. The molecule has 1 amide bonds. The van der Waals surface area contributed by atoms with Gasteiger partial charge in [-0.3, -0.25) is 4.79 Å². The van der Waals surface area contributed by atoms with Crippen LogP contribution < -0.4 is 5.32 Å². The molecule has 1 unspecified atom stereocenters. The number of amides is 1. The van der Waals surface area contributed by atoms with Gasteiger partial charge in [0.05, 0.1) is 10.8 Å². The summed E-state index contributed by atoms with van der Waals surface area (Å²) in [7, 11) is -3.61. The summed E-state index contributed by atoms with van der Waals surface area (Å²) in [5, 5.41) is 3.10. The van der Waals surface area contributed by atoms with Gasteiger partial charge in [-0.05, 0) is 54.9 Å². The van der Waals surface area contributed by atoms with Gasteiger partial charge in [-0.25, -0.2) is 8.42 Å². The highest BCUT2D eigenvalue weighted by Crippen LogP contribution is 2.27. The minimum atomic E-state index is -3.61. The lowest BCUT2D eigenvalue weighted by atomic mass is 9.89. The summed E-state index contributed by atoms with van der Waals surface area (Å²) in [6, 6.07) is 16.9. The Morgan fingerprint density at radius 2 is 1.55 bits per heavy atom. The van der Waals surface area contributed by atoms with Gasteiger partial charge in [0.15, 0.2) is 0 Å². The predicted octanol–water partition coefficient (Wildman–Crippen LogP) is 4.45. The van der Waals surface area contributed by atoms with Crippen molar-refractivity contribution < 1.29 is 13.2 Å². The Morgan fingerprint density at radius 3 is 2.26 bits per heavy atom. The monoisotopic (exact) mass is 440 g/mol. The minimum Gasteiger partial charge on any atom is -0.356 e. The Labute approximate surface area is 185 Å². The fourth-order valence-electron chi connectivity index (χ4n) is 4.75. The number of piperidine rings is 1. The molecule has 2 aromatic rings. The van der Waals surface area contributed by atoms with Crippen molar-refractivity contribution >= 4 is 15.9 Å². The molecule has 1 N–H and O–H groups in total. The lowest BCUT2D eigenvalue weighted by Crippen LogP contribution is -2.46. The van der Waals surface area contributed by atoms with Crippen LogP contribution >= 0.6 is 0 Å². The van der Waals surface area contributed by atoms with Crippen molar-refractivity contribution in [2.24, 2.45) is 11.8 Å². The van der Waals surface area contributed by atoms with Crippen molar-refractivity contribution in [1.29, 1.82) is 0 Å². The van der Waals surface area contributed by atoms with Gasteiger partial charge in [0.1, 0.15) is 0 Å². The van der Waals surface area contributed by atoms with Crippen LogP contribution in [-0.2, 0) is 14.8 Å². The molecule has 4 rings (SSSR count). The first-order valence-corrected chi connectivity index (χ1v) is 12.9. The number of carbonyl (C=O) groups is 1. The Morgan fingerprint density at radius 1 is 0.871 bits per heavy atom. The zero-order valence-corrected chi connectivity index (χ0v) is 18.8. The maximum absolute atomic E-state index is 13.2. The first-order valence-electron chi connectivity index (χ1n) is 11.5. The molecule has 2 aliphatic rings. The van der Waals surface area contributed by atoms with E-state index in [2.05, 4.69) is 5.32 Å². The van der Waals surface area contributed by atoms with E-state index < -0.39 is 10.0 Å². The Hall–Kier alpha value is -2.18. The van der Waals surface area contributed by atoms with Gasteiger partial charge in [-0.1, -0.05) is 61.7 Å². The van der Waals surface area contributed by atoms with Crippen LogP contribution in [0.15, 0.2) is 59.5 Å². The highest BCUT2D eigenvalue weighted by Gasteiger charge is 2.33. The molecule has 2 fully saturated rings. The van der Waals surface area contributed by atoms with Crippen molar-refractivity contribution in [1.82, 2.24) is 9.62 Å². The van der Waals surface area contributed by atoms with Crippen LogP contribution in [0.2, 0.25) is 0 Å². The fourth-order valence-corrected chi connectivity index (χ4v) is 6.28. The van der Waals surface area contributed by atoms with E-state index in [0.29, 0.717) is 18.9 Å². The van der Waals surface area contributed by atoms with Crippen LogP contribution in [-0.4, -0.2) is 38.3 Å². The second-order valence-corrected chi connectivity index (χ2v) is 10.8. The molecule has 1 aliphatic heterocycles. The lowest BCUT2D eigenvalue weighted by molar-refractivity contribution is -0.126. The number of rotatable bonds is 6. The Balaban J connectivity index is 1.39. The standard InChI is InChI=1S/C25H32N2O3S/c28-25(26-18-20-8-3-1-4-9-20)23-12-7-17-27(19-23)31(29,30)24-15-13-22(14-16-24)21-10-5-2-6-11-21/h2,5-6,10-11,13-16,20,23H,1,3-4,7-9,12,17-19H2,(H,26,28). The van der Waals surface area contributed by atoms with E-state index in [1.54, 1.807) is 12.1 Å². The third-order valence-electron chi connectivity index (χ3n) is 6.64. The third-order valence-corrected chi connectivity index (χ3v) is 8.52. The van der Waals surface area contributed by atoms with E-state index in [4.69, 9.17) is 0 Å². The van der Waals surface area contributed by atoms with Gasteiger partial charge in [0.25, 0.3) is 0 Å². The van der Waals surface area contributed by atoms with Gasteiger partial charge in [0.2, 0.25) is 15.9 Å². The smallest absolute Gasteiger partial charge is 0.243 e. The second-order valence-electron chi connectivity index (χ2n) is 8.84. The van der Waals surface area contributed by atoms with Crippen molar-refractivity contribution in [3.63, 3.8) is 0 Å². The Bertz CT molecular complexity index is 968. The SMILES string of the molecule is O=C(NCC1CCCCC1)C1CCCN(S(=O)(=O)c2ccc(-c3ccccc3)cc2)C1. The molecule has 0 bridgehead atoms. The zero-order valence-electron chi connectivity index (χ0n) is 18.0. The van der Waals surface area contributed by atoms with Gasteiger partial charge >= 0.3 is 0 Å². The lowest BCUT2D eigenvalue weighted by Gasteiger charge is -2.32. The molecule has 1 aliphatic carbocycles. The van der Waals surface area contributed by atoms with Crippen LogP contribution in [0.4, 0.5) is 0 Å². The van der Waals surface area contributed by atoms with E-state index in [0.717, 1.165) is 24.1 Å². The average Bonchev–Trinajstić information content (AvgIpc) is 2.84. The van der Waals surface area contributed by atoms with Crippen LogP contribution in [0.25, 0.3) is 11.1 Å². The predicted molar refractivity (Wildman–Crippen MR) is 123 cm³/mol. The average molecular weight is 441 g/mol. The van der Waals surface area contributed by atoms with E-state index in [1.807, 2.05) is 42.5 Å². The second kappa shape index (κ2) is 9.96. The topological polar surface area (TPSA) is 66.5 Å². The molecule has 0 aromatic heterocycles. The van der Waals surface area contributed by atoms with E-state index >= 15 is 0 Å². The summed E-state index contributed by atoms with van der Waals surface area (Å²) in [6.45, 7) is 1.46. The number of sulfonamides is 1. The van der Waals surface area contributed by atoms with Crippen LogP contribution in [0.3, 0.4) is 0 Å². The van der Waals surface area contributed by atoms with Gasteiger partial charge in [0, 0.05) is 19.6 Å². The van der Waals surface area contributed by atoms with Gasteiger partial charge < -0.3 is 5.32 Å². The molecular formula is C25H32N2O3S. The van der Waals surface area contributed by atoms with Crippen molar-refractivity contribution in [2.45, 2.75) is 49.8 Å². The normalized spacial score (nSPS) is 21.0. The van der Waals surface area contributed by atoms with Crippen LogP contribution in [0.5, 0.6) is 0 Å². The number of carbonyl (C=O) groups excluding carboxylic acids is 1. The molecule has 166 valence electrons. The molecule has 5 nitrogen and oxygen atoms in total. The molecule has 0 radical (unpaired) electrons. The van der Waals surface area contributed by atoms with Crippen LogP contribution in [0.1, 0.15) is 44.9 Å². The van der Waals surface area contributed by atoms with Crippen molar-refractivity contribution in [3.05, 3.63) is 54.6 Å². The highest BCUT2D eigenvalue weighted by atomic mass is 32.2. The fraction of sp³-hybridized carbons (Fsp3) is 0.480. The molecule has 1 saturated carbocycles. The van der Waals surface area contributed by atoms with Crippen LogP contribution in [0, 0.1) is 11.8 Å². The zero-order chi connectivity index (χ0) is 21.7. The summed E-state index contributed by atoms with van der Waals surface area (Å²) >= 11 is 0. The summed E-state index contributed by atoms with van der Waals surface area (Å²) in [4.78, 5) is 13.0. The number of benzene rings is 2. The van der Waals surface area contributed by atoms with E-state index in [9.17, 15) is 13.2 Å². The summed E-state index contributed by atoms with van der Waals surface area (Å²) in [5.41, 5.74) is 2.04. The number of hydrogen-bond donors (Lipinski definition) is 1. The molecular weight excluding hydrogens is 408 g/mol. The maximum Gasteiger partial charge on any atom is 0.243 e. The van der Waals surface area contributed by atoms with E-state index in [1.165, 1.54) is 36.4 Å².